The van der Waals surface area contributed by atoms with Gasteiger partial charge in [0.1, 0.15) is 11.3 Å². The molecule has 2 aliphatic rings. The third kappa shape index (κ3) is 4.49. The molecule has 0 spiro atoms. The molecule has 0 bridgehead atoms. The fourth-order valence-electron chi connectivity index (χ4n) is 5.89. The van der Waals surface area contributed by atoms with Gasteiger partial charge >= 0.3 is 0 Å². The fraction of sp³-hybridized carbons (Fsp3) is 0.414. The van der Waals surface area contributed by atoms with Crippen molar-refractivity contribution in [3.63, 3.8) is 0 Å². The van der Waals surface area contributed by atoms with E-state index in [9.17, 15) is 0 Å². The Balaban J connectivity index is 1.44. The molecule has 0 radical (unpaired) electrons. The highest BCUT2D eigenvalue weighted by Crippen LogP contribution is 2.40. The second-order valence-corrected chi connectivity index (χ2v) is 10.1. The van der Waals surface area contributed by atoms with E-state index in [2.05, 4.69) is 80.9 Å². The van der Waals surface area contributed by atoms with Crippen molar-refractivity contribution in [2.75, 3.05) is 26.2 Å². The summed E-state index contributed by atoms with van der Waals surface area (Å²) in [6.45, 7) is 4.73. The molecule has 1 saturated carbocycles. The van der Waals surface area contributed by atoms with Crippen LogP contribution in [0.1, 0.15) is 48.4 Å². The zero-order valence-corrected chi connectivity index (χ0v) is 20.7. The molecule has 7 heteroatoms. The molecule has 1 aliphatic carbocycles. The van der Waals surface area contributed by atoms with Gasteiger partial charge in [0.05, 0.1) is 12.8 Å². The molecule has 186 valence electrons. The molecule has 2 aromatic carbocycles. The van der Waals surface area contributed by atoms with E-state index >= 15 is 0 Å². The minimum Gasteiger partial charge on any atom is -0.467 e. The van der Waals surface area contributed by atoms with Gasteiger partial charge in [-0.05, 0) is 59.5 Å². The summed E-state index contributed by atoms with van der Waals surface area (Å²) in [7, 11) is 0. The predicted octanol–water partition coefficient (Wildman–Crippen LogP) is 4.36. The van der Waals surface area contributed by atoms with E-state index in [-0.39, 0.29) is 0 Å². The monoisotopic (exact) mass is 482 g/mol. The van der Waals surface area contributed by atoms with Gasteiger partial charge in [0, 0.05) is 32.1 Å². The summed E-state index contributed by atoms with van der Waals surface area (Å²) >= 11 is 0. The Labute approximate surface area is 212 Å². The van der Waals surface area contributed by atoms with E-state index in [1.165, 1.54) is 30.4 Å². The van der Waals surface area contributed by atoms with E-state index in [1.807, 2.05) is 16.8 Å². The average molecular weight is 483 g/mol. The van der Waals surface area contributed by atoms with Gasteiger partial charge in [0.15, 0.2) is 5.82 Å². The molecule has 0 amide bonds. The van der Waals surface area contributed by atoms with Crippen molar-refractivity contribution in [2.24, 2.45) is 0 Å². The van der Waals surface area contributed by atoms with Crippen LogP contribution in [0.3, 0.4) is 0 Å². The highest BCUT2D eigenvalue weighted by molar-refractivity contribution is 5.31. The Hall–Kier alpha value is -3.29. The minimum atomic E-state index is -0.612. The van der Waals surface area contributed by atoms with Gasteiger partial charge in [0.2, 0.25) is 0 Å². The lowest BCUT2D eigenvalue weighted by Crippen LogP contribution is -2.52. The Kier molecular flexibility index (Phi) is 6.66. The van der Waals surface area contributed by atoms with Crippen LogP contribution in [-0.4, -0.2) is 62.2 Å². The number of hydrogen-bond acceptors (Lipinski definition) is 6. The van der Waals surface area contributed by atoms with E-state index in [0.717, 1.165) is 56.6 Å². The molecule has 6 rings (SSSR count). The van der Waals surface area contributed by atoms with Crippen LogP contribution < -0.4 is 0 Å². The first-order valence-corrected chi connectivity index (χ1v) is 13.2. The first kappa shape index (κ1) is 23.1. The standard InChI is InChI=1S/C29H34N6O/c1-3-10-24(11-4-1)22-29(27-16-8-21-36-27,34-18-9-17-33(19-20-34)26-14-7-15-26)28-30-31-32-35(28)23-25-12-5-2-6-13-25/h1-6,8,10-13,16,21,26H,7,9,14-15,17-20,22-23H2. The van der Waals surface area contributed by atoms with Crippen LogP contribution in [0.4, 0.5) is 0 Å². The summed E-state index contributed by atoms with van der Waals surface area (Å²) in [6.07, 6.45) is 7.67. The molecule has 2 aromatic heterocycles. The Bertz CT molecular complexity index is 1220. The summed E-state index contributed by atoms with van der Waals surface area (Å²) in [5, 5.41) is 13.4. The molecule has 7 nitrogen and oxygen atoms in total. The second-order valence-electron chi connectivity index (χ2n) is 10.1. The zero-order valence-electron chi connectivity index (χ0n) is 20.7. The van der Waals surface area contributed by atoms with Crippen LogP contribution in [0, 0.1) is 0 Å². The molecule has 2 fully saturated rings. The van der Waals surface area contributed by atoms with Gasteiger partial charge in [-0.25, -0.2) is 4.68 Å². The van der Waals surface area contributed by atoms with Crippen molar-refractivity contribution < 1.29 is 4.42 Å². The molecule has 36 heavy (non-hydrogen) atoms. The van der Waals surface area contributed by atoms with Gasteiger partial charge in [-0.3, -0.25) is 9.80 Å². The van der Waals surface area contributed by atoms with Crippen molar-refractivity contribution in [3.05, 3.63) is 102 Å². The molecular formula is C29H34N6O. The van der Waals surface area contributed by atoms with E-state index in [4.69, 9.17) is 9.52 Å². The van der Waals surface area contributed by atoms with Crippen LogP contribution in [0.15, 0.2) is 83.5 Å². The SMILES string of the molecule is c1ccc(Cn2nnnc2C(Cc2ccccc2)(c2ccco2)N2CCCN(C3CCC3)CC2)cc1. The average Bonchev–Trinajstić information content (AvgIpc) is 3.53. The largest absolute Gasteiger partial charge is 0.467 e. The minimum absolute atomic E-state index is 0.612. The van der Waals surface area contributed by atoms with E-state index in [0.29, 0.717) is 6.54 Å². The van der Waals surface area contributed by atoms with Crippen LogP contribution in [-0.2, 0) is 18.5 Å². The normalized spacial score (nSPS) is 19.4. The molecule has 3 heterocycles. The lowest BCUT2D eigenvalue weighted by molar-refractivity contribution is 0.0810. The number of hydrogen-bond donors (Lipinski definition) is 0. The highest BCUT2D eigenvalue weighted by atomic mass is 16.3. The van der Waals surface area contributed by atoms with Crippen LogP contribution in [0.25, 0.3) is 0 Å². The topological polar surface area (TPSA) is 63.2 Å². The van der Waals surface area contributed by atoms with Crippen molar-refractivity contribution in [2.45, 2.75) is 50.2 Å². The van der Waals surface area contributed by atoms with Crippen molar-refractivity contribution in [3.8, 4) is 0 Å². The van der Waals surface area contributed by atoms with Crippen molar-refractivity contribution in [1.82, 2.24) is 30.0 Å². The molecule has 0 N–H and O–H groups in total. The molecule has 1 aliphatic heterocycles. The Morgan fingerprint density at radius 3 is 2.28 bits per heavy atom. The third-order valence-corrected chi connectivity index (χ3v) is 7.97. The highest BCUT2D eigenvalue weighted by Gasteiger charge is 2.48. The number of furan rings is 1. The van der Waals surface area contributed by atoms with Crippen LogP contribution in [0.5, 0.6) is 0 Å². The predicted molar refractivity (Wildman–Crippen MR) is 138 cm³/mol. The number of rotatable bonds is 8. The Morgan fingerprint density at radius 1 is 0.806 bits per heavy atom. The molecule has 1 saturated heterocycles. The summed E-state index contributed by atoms with van der Waals surface area (Å²) in [4.78, 5) is 5.29. The maximum absolute atomic E-state index is 6.24. The van der Waals surface area contributed by atoms with Crippen LogP contribution >= 0.6 is 0 Å². The zero-order chi connectivity index (χ0) is 24.2. The molecular weight excluding hydrogens is 448 g/mol. The Morgan fingerprint density at radius 2 is 1.58 bits per heavy atom. The molecule has 1 unspecified atom stereocenters. The summed E-state index contributed by atoms with van der Waals surface area (Å²) in [5.74, 6) is 1.73. The molecule has 1 atom stereocenters. The fourth-order valence-corrected chi connectivity index (χ4v) is 5.89. The van der Waals surface area contributed by atoms with E-state index < -0.39 is 5.54 Å². The van der Waals surface area contributed by atoms with Gasteiger partial charge < -0.3 is 4.42 Å². The van der Waals surface area contributed by atoms with Gasteiger partial charge in [-0.15, -0.1) is 5.10 Å². The van der Waals surface area contributed by atoms with Crippen LogP contribution in [0.2, 0.25) is 0 Å². The number of benzene rings is 2. The first-order chi connectivity index (χ1) is 17.8. The maximum atomic E-state index is 6.24. The van der Waals surface area contributed by atoms with Gasteiger partial charge in [-0.2, -0.15) is 0 Å². The van der Waals surface area contributed by atoms with Gasteiger partial charge in [0.25, 0.3) is 0 Å². The summed E-state index contributed by atoms with van der Waals surface area (Å²) in [6, 6.07) is 25.9. The van der Waals surface area contributed by atoms with Crippen molar-refractivity contribution >= 4 is 0 Å². The summed E-state index contributed by atoms with van der Waals surface area (Å²) in [5.41, 5.74) is 1.80. The number of tetrazole rings is 1. The smallest absolute Gasteiger partial charge is 0.180 e. The second kappa shape index (κ2) is 10.4. The maximum Gasteiger partial charge on any atom is 0.180 e. The first-order valence-electron chi connectivity index (χ1n) is 13.2. The quantitative estimate of drug-likeness (QED) is 0.372. The summed E-state index contributed by atoms with van der Waals surface area (Å²) < 4.78 is 8.20. The third-order valence-electron chi connectivity index (χ3n) is 7.97. The van der Waals surface area contributed by atoms with Gasteiger partial charge in [-0.1, -0.05) is 67.1 Å². The number of nitrogens with zero attached hydrogens (tertiary/aromatic N) is 6. The lowest BCUT2D eigenvalue weighted by atomic mass is 9.84. The number of aromatic nitrogens is 4. The molecule has 4 aromatic rings. The lowest BCUT2D eigenvalue weighted by Gasteiger charge is -2.42. The van der Waals surface area contributed by atoms with E-state index in [1.54, 1.807) is 6.26 Å². The van der Waals surface area contributed by atoms with Crippen molar-refractivity contribution in [1.29, 1.82) is 0 Å².